The molecule has 10 amide bonds. The van der Waals surface area contributed by atoms with Gasteiger partial charge in [0, 0.05) is 51.4 Å². The average molecular weight is 999 g/mol. The molecule has 72 heavy (non-hydrogen) atoms. The van der Waals surface area contributed by atoms with Crippen molar-refractivity contribution in [2.24, 2.45) is 0 Å². The zero-order valence-electron chi connectivity index (χ0n) is 42.6. The van der Waals surface area contributed by atoms with Crippen LogP contribution in [0, 0.1) is 0 Å². The number of fused-ring (bicyclic) bond motifs is 2. The molecule has 2 aromatic carbocycles. The number of benzene rings is 2. The maximum absolute atomic E-state index is 14.3. The molecule has 0 aliphatic carbocycles. The summed E-state index contributed by atoms with van der Waals surface area (Å²) in [6.07, 6.45) is 7.41. The lowest BCUT2D eigenvalue weighted by Gasteiger charge is -2.39. The molecule has 2 aromatic rings. The molecular weight excluding hydrogens is 921 g/mol. The highest BCUT2D eigenvalue weighted by molar-refractivity contribution is 5.95. The van der Waals surface area contributed by atoms with E-state index in [4.69, 9.17) is 0 Å². The van der Waals surface area contributed by atoms with Gasteiger partial charge >= 0.3 is 12.1 Å². The molecule has 4 heterocycles. The minimum absolute atomic E-state index is 0.0440. The van der Waals surface area contributed by atoms with Gasteiger partial charge in [0.05, 0.1) is 25.2 Å². The van der Waals surface area contributed by atoms with Gasteiger partial charge in [-0.2, -0.15) is 0 Å². The second-order valence-corrected chi connectivity index (χ2v) is 19.5. The van der Waals surface area contributed by atoms with E-state index in [-0.39, 0.29) is 72.7 Å². The van der Waals surface area contributed by atoms with Gasteiger partial charge in [-0.15, -0.1) is 0 Å². The lowest BCUT2D eigenvalue weighted by molar-refractivity contribution is -0.144. The number of carbonyl (C=O) groups is 8. The molecule has 4 saturated heterocycles. The number of nitrogens with zero attached hydrogens (tertiary/aromatic N) is 4. The third-order valence-corrected chi connectivity index (χ3v) is 14.6. The first-order chi connectivity index (χ1) is 34.8. The van der Waals surface area contributed by atoms with E-state index in [9.17, 15) is 38.4 Å². The molecule has 0 radical (unpaired) electrons. The van der Waals surface area contributed by atoms with Crippen LogP contribution in [0.5, 0.6) is 0 Å². The fourth-order valence-corrected chi connectivity index (χ4v) is 10.1. The molecule has 4 aliphatic heterocycles. The predicted octanol–water partition coefficient (Wildman–Crippen LogP) is 1.000. The van der Waals surface area contributed by atoms with E-state index in [1.165, 1.54) is 0 Å². The van der Waals surface area contributed by atoms with Gasteiger partial charge in [0.2, 0.25) is 35.4 Å². The van der Waals surface area contributed by atoms with E-state index >= 15 is 0 Å². The molecule has 0 saturated carbocycles. The van der Waals surface area contributed by atoms with Crippen LogP contribution in [0.25, 0.3) is 0 Å². The van der Waals surface area contributed by atoms with Gasteiger partial charge in [-0.3, -0.25) is 28.8 Å². The maximum Gasteiger partial charge on any atom is 0.317 e. The summed E-state index contributed by atoms with van der Waals surface area (Å²) in [4.78, 5) is 115. The number of amides is 10. The van der Waals surface area contributed by atoms with Gasteiger partial charge in [0.15, 0.2) is 0 Å². The summed E-state index contributed by atoms with van der Waals surface area (Å²) in [7, 11) is 3.30. The molecule has 0 bridgehead atoms. The summed E-state index contributed by atoms with van der Waals surface area (Å²) >= 11 is 0. The molecule has 0 spiro atoms. The number of rotatable bonds is 21. The van der Waals surface area contributed by atoms with E-state index in [1.54, 1.807) is 47.5 Å². The number of hydrogen-bond acceptors (Lipinski definition) is 10. The van der Waals surface area contributed by atoms with Gasteiger partial charge in [-0.25, -0.2) is 9.59 Å². The smallest absolute Gasteiger partial charge is 0.317 e. The third kappa shape index (κ3) is 15.1. The van der Waals surface area contributed by atoms with Crippen molar-refractivity contribution < 1.29 is 38.4 Å². The molecule has 20 heteroatoms. The van der Waals surface area contributed by atoms with E-state index in [2.05, 4.69) is 42.5 Å². The van der Waals surface area contributed by atoms with Gasteiger partial charge < -0.3 is 62.1 Å². The molecule has 8 atom stereocenters. The number of urea groups is 2. The lowest BCUT2D eigenvalue weighted by atomic mass is 10.1. The van der Waals surface area contributed by atoms with E-state index in [1.807, 2.05) is 60.7 Å². The summed E-state index contributed by atoms with van der Waals surface area (Å²) in [6, 6.07) is 13.9. The zero-order valence-corrected chi connectivity index (χ0v) is 42.6. The predicted molar refractivity (Wildman–Crippen MR) is 272 cm³/mol. The van der Waals surface area contributed by atoms with E-state index < -0.39 is 36.3 Å². The van der Waals surface area contributed by atoms with E-state index in [0.717, 1.165) is 24.0 Å². The third-order valence-electron chi connectivity index (χ3n) is 14.6. The van der Waals surface area contributed by atoms with Crippen LogP contribution in [0.4, 0.5) is 9.59 Å². The fourth-order valence-electron chi connectivity index (χ4n) is 10.1. The normalized spacial score (nSPS) is 23.0. The van der Waals surface area contributed by atoms with Crippen LogP contribution in [0.1, 0.15) is 89.2 Å². The Labute approximate surface area is 424 Å². The van der Waals surface area contributed by atoms with Crippen molar-refractivity contribution >= 4 is 47.5 Å². The second-order valence-electron chi connectivity index (χ2n) is 19.5. The van der Waals surface area contributed by atoms with E-state index in [0.29, 0.717) is 103 Å². The van der Waals surface area contributed by atoms with Crippen LogP contribution in [0.15, 0.2) is 60.7 Å². The number of hydrogen-bond donors (Lipinski definition) is 8. The fraction of sp³-hybridized carbons (Fsp3) is 0.615. The minimum Gasteiger partial charge on any atom is -0.354 e. The second kappa shape index (κ2) is 27.5. The summed E-state index contributed by atoms with van der Waals surface area (Å²) in [5, 5.41) is 23.5. The van der Waals surface area contributed by atoms with Crippen LogP contribution >= 0.6 is 0 Å². The van der Waals surface area contributed by atoms with Crippen molar-refractivity contribution in [3.8, 4) is 0 Å². The Balaban J connectivity index is 0.946. The zero-order chi connectivity index (χ0) is 51.6. The first-order valence-corrected chi connectivity index (χ1v) is 26.1. The molecule has 394 valence electrons. The standard InChI is InChI=1S/C52H78N12O8/c1-35(53-3)45(65)59-41-33-61(31-25-39-19-21-43(63(39)49(41)69)47(67)55-29-23-37-15-9-7-10-16-37)51(71)57-27-13-5-6-14-28-58-52(72)62-32-26-40-20-22-44(48(68)56-30-24-38-17-11-8-12-18-38)64(40)50(70)42(34-62)60-46(66)36(2)54-4/h7-12,15-18,35-36,39-44,53-54H,5-6,13-14,19-34H2,1-4H3,(H,55,67)(H,56,68)(H,57,71)(H,58,72)(H,59,65)(H,60,66)/t35-,36-,39+,40+,41-,42-,43-,44-/m0/s1. The number of nitrogens with one attached hydrogen (secondary N) is 8. The lowest BCUT2D eigenvalue weighted by Crippen LogP contribution is -2.63. The highest BCUT2D eigenvalue weighted by Crippen LogP contribution is 2.31. The summed E-state index contributed by atoms with van der Waals surface area (Å²) in [5.41, 5.74) is 2.20. The molecule has 0 unspecified atom stereocenters. The van der Waals surface area contributed by atoms with Crippen LogP contribution in [0.3, 0.4) is 0 Å². The Morgan fingerprint density at radius 1 is 0.514 bits per heavy atom. The maximum atomic E-state index is 14.3. The monoisotopic (exact) mass is 999 g/mol. The molecule has 0 aromatic heterocycles. The van der Waals surface area contributed by atoms with Crippen LogP contribution in [-0.2, 0) is 41.6 Å². The van der Waals surface area contributed by atoms with Crippen molar-refractivity contribution in [1.82, 2.24) is 62.1 Å². The molecule has 8 N–H and O–H groups in total. The molecule has 4 fully saturated rings. The Kier molecular flexibility index (Phi) is 21.0. The summed E-state index contributed by atoms with van der Waals surface area (Å²) in [5.74, 6) is -1.97. The SMILES string of the molecule is CN[C@@H](C)C(=O)N[C@H]1CN(C(=O)NCCCCCCNC(=O)N2CC[C@H]3CC[C@@H](C(=O)NCCc4ccccc4)N3C(=O)[C@@H](NC(=O)[C@H](C)NC)C2)CC[C@H]2CC[C@@H](C(=O)NCCc3ccccc3)N2C1=O. The van der Waals surface area contributed by atoms with Crippen LogP contribution < -0.4 is 42.5 Å². The number of carbonyl (C=O) groups excluding carboxylic acids is 8. The Hall–Kier alpha value is -6.28. The van der Waals surface area contributed by atoms with Crippen molar-refractivity contribution in [1.29, 1.82) is 0 Å². The molecular formula is C52H78N12O8. The van der Waals surface area contributed by atoms with Crippen LogP contribution in [0.2, 0.25) is 0 Å². The first-order valence-electron chi connectivity index (χ1n) is 26.1. The first kappa shape index (κ1) is 55.0. The van der Waals surface area contributed by atoms with Crippen molar-refractivity contribution in [3.63, 3.8) is 0 Å². The Bertz CT molecular complexity index is 2000. The van der Waals surface area contributed by atoms with Crippen molar-refractivity contribution in [2.75, 3.05) is 66.5 Å². The van der Waals surface area contributed by atoms with Gasteiger partial charge in [-0.1, -0.05) is 73.5 Å². The van der Waals surface area contributed by atoms with Gasteiger partial charge in [0.25, 0.3) is 0 Å². The quantitative estimate of drug-likeness (QED) is 0.0826. The molecule has 6 rings (SSSR count). The topological polar surface area (TPSA) is 246 Å². The molecule has 4 aliphatic rings. The summed E-state index contributed by atoms with van der Waals surface area (Å²) < 4.78 is 0. The molecule has 20 nitrogen and oxygen atoms in total. The number of likely N-dealkylation sites (N-methyl/N-ethyl adjacent to an activating group) is 2. The van der Waals surface area contributed by atoms with Gasteiger partial charge in [-0.05, 0) is 103 Å². The largest absolute Gasteiger partial charge is 0.354 e. The average Bonchev–Trinajstić information content (AvgIpc) is 4.01. The highest BCUT2D eigenvalue weighted by atomic mass is 16.2. The summed E-state index contributed by atoms with van der Waals surface area (Å²) in [6.45, 7) is 5.61. The Morgan fingerprint density at radius 2 is 0.903 bits per heavy atom. The van der Waals surface area contributed by atoms with Crippen molar-refractivity contribution in [3.05, 3.63) is 71.8 Å². The minimum atomic E-state index is -1.04. The highest BCUT2D eigenvalue weighted by Gasteiger charge is 2.47. The number of unbranched alkanes of at least 4 members (excludes halogenated alkanes) is 3. The Morgan fingerprint density at radius 3 is 1.28 bits per heavy atom. The van der Waals surface area contributed by atoms with Crippen LogP contribution in [-0.4, -0.2) is 182 Å². The van der Waals surface area contributed by atoms with Crippen molar-refractivity contribution in [2.45, 2.75) is 139 Å². The van der Waals surface area contributed by atoms with Gasteiger partial charge in [0.1, 0.15) is 24.2 Å².